The maximum absolute atomic E-state index is 9.99. The minimum atomic E-state index is -1.09. The monoisotopic (exact) mass is 163 g/mol. The van der Waals surface area contributed by atoms with Crippen LogP contribution in [0, 0.1) is 0 Å². The van der Waals surface area contributed by atoms with Crippen molar-refractivity contribution in [3.8, 4) is 0 Å². The Morgan fingerprint density at radius 2 is 2.00 bits per heavy atom. The number of aliphatic hydroxyl groups excluding tert-OH is 3. The highest BCUT2D eigenvalue weighted by Gasteiger charge is 2.17. The highest BCUT2D eigenvalue weighted by molar-refractivity contribution is 5.57. The van der Waals surface area contributed by atoms with Crippen molar-refractivity contribution in [1.82, 2.24) is 0 Å². The summed E-state index contributed by atoms with van der Waals surface area (Å²) in [5.41, 5.74) is 5.11. The van der Waals surface area contributed by atoms with Gasteiger partial charge in [0.2, 0.25) is 0 Å². The Labute approximate surface area is 64.4 Å². The van der Waals surface area contributed by atoms with E-state index in [1.165, 1.54) is 0 Å². The molecule has 0 rings (SSSR count). The minimum absolute atomic E-state index is 0.0869. The van der Waals surface area contributed by atoms with Gasteiger partial charge in [-0.25, -0.2) is 0 Å². The second kappa shape index (κ2) is 5.20. The van der Waals surface area contributed by atoms with E-state index in [2.05, 4.69) is 0 Å². The number of nitrogens with two attached hydrogens (primary N) is 1. The van der Waals surface area contributed by atoms with Crippen LogP contribution in [0.4, 0.5) is 0 Å². The van der Waals surface area contributed by atoms with Gasteiger partial charge in [-0.3, -0.25) is 0 Å². The fraction of sp³-hybridized carbons (Fsp3) is 0.833. The van der Waals surface area contributed by atoms with Crippen molar-refractivity contribution in [2.75, 3.05) is 6.61 Å². The van der Waals surface area contributed by atoms with Gasteiger partial charge in [-0.05, 0) is 0 Å². The van der Waals surface area contributed by atoms with E-state index in [1.54, 1.807) is 0 Å². The van der Waals surface area contributed by atoms with Gasteiger partial charge in [-0.1, -0.05) is 0 Å². The number of carbonyl (C=O) groups is 1. The zero-order valence-electron chi connectivity index (χ0n) is 6.05. The normalized spacial score (nSPS) is 18.9. The minimum Gasteiger partial charge on any atom is -0.394 e. The Morgan fingerprint density at radius 3 is 2.36 bits per heavy atom. The van der Waals surface area contributed by atoms with Gasteiger partial charge in [-0.2, -0.15) is 0 Å². The number of hydrogen-bond donors (Lipinski definition) is 4. The molecule has 5 N–H and O–H groups in total. The highest BCUT2D eigenvalue weighted by Crippen LogP contribution is 1.99. The van der Waals surface area contributed by atoms with Gasteiger partial charge < -0.3 is 25.8 Å². The second-order valence-electron chi connectivity index (χ2n) is 2.35. The summed E-state index contributed by atoms with van der Waals surface area (Å²) in [6.45, 7) is -0.442. The summed E-state index contributed by atoms with van der Waals surface area (Å²) in [5, 5.41) is 26.1. The first-order chi connectivity index (χ1) is 5.11. The SMILES string of the molecule is N[C@@H](C=O)[C@@H](O)C[C@H](O)CO. The fourth-order valence-corrected chi connectivity index (χ4v) is 0.601. The van der Waals surface area contributed by atoms with Crippen molar-refractivity contribution in [3.05, 3.63) is 0 Å². The van der Waals surface area contributed by atoms with Crippen molar-refractivity contribution in [3.63, 3.8) is 0 Å². The molecule has 0 saturated heterocycles. The van der Waals surface area contributed by atoms with Crippen LogP contribution < -0.4 is 5.73 Å². The van der Waals surface area contributed by atoms with E-state index < -0.39 is 24.9 Å². The summed E-state index contributed by atoms with van der Waals surface area (Å²) in [6, 6.07) is -0.990. The lowest BCUT2D eigenvalue weighted by Crippen LogP contribution is -2.38. The molecule has 0 aliphatic heterocycles. The van der Waals surface area contributed by atoms with Crippen LogP contribution in [0.25, 0.3) is 0 Å². The van der Waals surface area contributed by atoms with Gasteiger partial charge in [0.1, 0.15) is 6.29 Å². The number of carbonyl (C=O) groups excluding carboxylic acids is 1. The summed E-state index contributed by atoms with van der Waals surface area (Å²) in [4.78, 5) is 9.99. The molecule has 0 aromatic carbocycles. The summed E-state index contributed by atoms with van der Waals surface area (Å²) < 4.78 is 0. The maximum Gasteiger partial charge on any atom is 0.139 e. The van der Waals surface area contributed by atoms with Gasteiger partial charge in [0, 0.05) is 6.42 Å². The molecule has 0 saturated carbocycles. The van der Waals surface area contributed by atoms with Crippen molar-refractivity contribution >= 4 is 6.29 Å². The Morgan fingerprint density at radius 1 is 1.45 bits per heavy atom. The standard InChI is InChI=1S/C6H13NO4/c7-5(3-9)6(11)1-4(10)2-8/h3-6,8,10-11H,1-2,7H2/t4-,5-,6-/m0/s1. The van der Waals surface area contributed by atoms with E-state index in [4.69, 9.17) is 21.1 Å². The van der Waals surface area contributed by atoms with Crippen LogP contribution >= 0.6 is 0 Å². The highest BCUT2D eigenvalue weighted by atomic mass is 16.3. The molecule has 0 spiro atoms. The van der Waals surface area contributed by atoms with Crippen LogP contribution in [0.15, 0.2) is 0 Å². The van der Waals surface area contributed by atoms with Crippen LogP contribution in [0.5, 0.6) is 0 Å². The number of aldehydes is 1. The number of rotatable bonds is 5. The van der Waals surface area contributed by atoms with Gasteiger partial charge in [0.05, 0.1) is 24.9 Å². The molecule has 0 aromatic heterocycles. The Hall–Kier alpha value is -0.490. The van der Waals surface area contributed by atoms with E-state index in [0.717, 1.165) is 0 Å². The van der Waals surface area contributed by atoms with Crippen molar-refractivity contribution < 1.29 is 20.1 Å². The molecule has 0 aliphatic carbocycles. The predicted octanol–water partition coefficient (Wildman–Crippen LogP) is -2.38. The predicted molar refractivity (Wildman–Crippen MR) is 37.8 cm³/mol. The molecule has 11 heavy (non-hydrogen) atoms. The lowest BCUT2D eigenvalue weighted by atomic mass is 10.1. The Bertz CT molecular complexity index is 119. The van der Waals surface area contributed by atoms with Gasteiger partial charge in [0.25, 0.3) is 0 Å². The topological polar surface area (TPSA) is 104 Å². The summed E-state index contributed by atoms with van der Waals surface area (Å²) in [7, 11) is 0. The molecular formula is C6H13NO4. The molecule has 5 nitrogen and oxygen atoms in total. The molecular weight excluding hydrogens is 150 g/mol. The van der Waals surface area contributed by atoms with E-state index in [1.807, 2.05) is 0 Å². The smallest absolute Gasteiger partial charge is 0.139 e. The first-order valence-electron chi connectivity index (χ1n) is 3.29. The molecule has 0 aromatic rings. The van der Waals surface area contributed by atoms with Crippen LogP contribution in [0.3, 0.4) is 0 Å². The van der Waals surface area contributed by atoms with Crippen LogP contribution in [-0.2, 0) is 4.79 Å². The first kappa shape index (κ1) is 10.5. The molecule has 0 heterocycles. The van der Waals surface area contributed by atoms with Gasteiger partial charge in [0.15, 0.2) is 0 Å². The Kier molecular flexibility index (Phi) is 4.97. The lowest BCUT2D eigenvalue weighted by molar-refractivity contribution is -0.111. The van der Waals surface area contributed by atoms with Crippen LogP contribution in [-0.4, -0.2) is 46.5 Å². The molecule has 0 aliphatic rings. The molecule has 0 bridgehead atoms. The second-order valence-corrected chi connectivity index (χ2v) is 2.35. The molecule has 66 valence electrons. The zero-order valence-corrected chi connectivity index (χ0v) is 6.05. The first-order valence-corrected chi connectivity index (χ1v) is 3.29. The van der Waals surface area contributed by atoms with Crippen molar-refractivity contribution in [1.29, 1.82) is 0 Å². The van der Waals surface area contributed by atoms with E-state index in [0.29, 0.717) is 6.29 Å². The quantitative estimate of drug-likeness (QED) is 0.339. The van der Waals surface area contributed by atoms with E-state index >= 15 is 0 Å². The maximum atomic E-state index is 9.99. The van der Waals surface area contributed by atoms with Crippen LogP contribution in [0.2, 0.25) is 0 Å². The van der Waals surface area contributed by atoms with Gasteiger partial charge in [-0.15, -0.1) is 0 Å². The molecule has 0 radical (unpaired) electrons. The Balaban J connectivity index is 3.66. The third-order valence-electron chi connectivity index (χ3n) is 1.33. The third-order valence-corrected chi connectivity index (χ3v) is 1.33. The summed E-state index contributed by atoms with van der Waals surface area (Å²) in [5.74, 6) is 0. The van der Waals surface area contributed by atoms with Crippen molar-refractivity contribution in [2.24, 2.45) is 5.73 Å². The lowest BCUT2D eigenvalue weighted by Gasteiger charge is -2.15. The average Bonchev–Trinajstić information content (AvgIpc) is 2.02. The molecule has 3 atom stereocenters. The summed E-state index contributed by atoms with van der Waals surface area (Å²) >= 11 is 0. The molecule has 0 fully saturated rings. The van der Waals surface area contributed by atoms with E-state index in [9.17, 15) is 4.79 Å². The number of hydrogen-bond acceptors (Lipinski definition) is 5. The third kappa shape index (κ3) is 4.05. The van der Waals surface area contributed by atoms with Crippen LogP contribution in [0.1, 0.15) is 6.42 Å². The van der Waals surface area contributed by atoms with E-state index in [-0.39, 0.29) is 6.42 Å². The zero-order chi connectivity index (χ0) is 8.85. The molecule has 5 heteroatoms. The average molecular weight is 163 g/mol. The largest absolute Gasteiger partial charge is 0.394 e. The number of aliphatic hydroxyl groups is 3. The molecule has 0 unspecified atom stereocenters. The van der Waals surface area contributed by atoms with Crippen molar-refractivity contribution in [2.45, 2.75) is 24.7 Å². The van der Waals surface area contributed by atoms with Gasteiger partial charge >= 0.3 is 0 Å². The molecule has 0 amide bonds. The summed E-state index contributed by atoms with van der Waals surface area (Å²) in [6.07, 6.45) is -1.80. The fourth-order valence-electron chi connectivity index (χ4n) is 0.601.